The second kappa shape index (κ2) is 4.02. The zero-order valence-corrected chi connectivity index (χ0v) is 10.0. The number of rotatable bonds is 2. The zero-order valence-electron chi connectivity index (χ0n) is 10.0. The minimum absolute atomic E-state index is 0.208. The number of carbonyl (C=O) groups is 1. The van der Waals surface area contributed by atoms with Crippen LogP contribution in [0.15, 0.2) is 0 Å². The van der Waals surface area contributed by atoms with E-state index in [4.69, 9.17) is 0 Å². The van der Waals surface area contributed by atoms with Crippen molar-refractivity contribution in [1.29, 1.82) is 0 Å². The van der Waals surface area contributed by atoms with Gasteiger partial charge in [0.05, 0.1) is 5.92 Å². The molecule has 90 valence electrons. The maximum absolute atomic E-state index is 12.1. The molecule has 3 rings (SSSR count). The van der Waals surface area contributed by atoms with Crippen LogP contribution in [0.1, 0.15) is 39.0 Å². The fourth-order valence-corrected chi connectivity index (χ4v) is 3.93. The zero-order chi connectivity index (χ0) is 11.1. The second-order valence-electron chi connectivity index (χ2n) is 5.93. The number of amides is 1. The minimum atomic E-state index is 0.208. The van der Waals surface area contributed by atoms with Gasteiger partial charge in [0.25, 0.3) is 0 Å². The SMILES string of the molecule is CC1NCCC1C(=O)NC1CC2CCC1C2. The van der Waals surface area contributed by atoms with Crippen molar-refractivity contribution in [2.45, 2.75) is 51.1 Å². The Bertz CT molecular complexity index is 292. The highest BCUT2D eigenvalue weighted by Gasteiger charge is 2.41. The molecule has 1 aliphatic heterocycles. The monoisotopic (exact) mass is 222 g/mol. The van der Waals surface area contributed by atoms with E-state index in [0.29, 0.717) is 18.0 Å². The highest BCUT2D eigenvalue weighted by molar-refractivity contribution is 5.80. The van der Waals surface area contributed by atoms with Crippen LogP contribution in [0.3, 0.4) is 0 Å². The largest absolute Gasteiger partial charge is 0.353 e. The van der Waals surface area contributed by atoms with E-state index in [1.807, 2.05) is 0 Å². The Kier molecular flexibility index (Phi) is 2.66. The minimum Gasteiger partial charge on any atom is -0.353 e. The van der Waals surface area contributed by atoms with E-state index < -0.39 is 0 Å². The van der Waals surface area contributed by atoms with Crippen LogP contribution in [0.25, 0.3) is 0 Å². The summed E-state index contributed by atoms with van der Waals surface area (Å²) in [5, 5.41) is 6.65. The molecule has 16 heavy (non-hydrogen) atoms. The lowest BCUT2D eigenvalue weighted by atomic mass is 9.93. The summed E-state index contributed by atoms with van der Waals surface area (Å²) in [6.45, 7) is 3.12. The first-order valence-electron chi connectivity index (χ1n) is 6.78. The van der Waals surface area contributed by atoms with E-state index in [0.717, 1.165) is 24.8 Å². The van der Waals surface area contributed by atoms with Gasteiger partial charge in [-0.25, -0.2) is 0 Å². The molecule has 3 aliphatic rings. The fraction of sp³-hybridized carbons (Fsp3) is 0.923. The van der Waals surface area contributed by atoms with Crippen LogP contribution in [0.5, 0.6) is 0 Å². The highest BCUT2D eigenvalue weighted by atomic mass is 16.2. The average molecular weight is 222 g/mol. The van der Waals surface area contributed by atoms with Crippen LogP contribution in [0.2, 0.25) is 0 Å². The molecule has 0 spiro atoms. The summed E-state index contributed by atoms with van der Waals surface area (Å²) < 4.78 is 0. The van der Waals surface area contributed by atoms with Gasteiger partial charge in [-0.3, -0.25) is 4.79 Å². The molecule has 2 aliphatic carbocycles. The quantitative estimate of drug-likeness (QED) is 0.739. The van der Waals surface area contributed by atoms with Gasteiger partial charge >= 0.3 is 0 Å². The van der Waals surface area contributed by atoms with Gasteiger partial charge in [0, 0.05) is 12.1 Å². The number of fused-ring (bicyclic) bond motifs is 2. The fourth-order valence-electron chi connectivity index (χ4n) is 3.93. The molecule has 0 aromatic rings. The molecule has 2 bridgehead atoms. The van der Waals surface area contributed by atoms with E-state index in [2.05, 4.69) is 17.6 Å². The van der Waals surface area contributed by atoms with Gasteiger partial charge < -0.3 is 10.6 Å². The van der Waals surface area contributed by atoms with Crippen LogP contribution in [-0.2, 0) is 4.79 Å². The predicted octanol–water partition coefficient (Wildman–Crippen LogP) is 1.29. The first-order chi connectivity index (χ1) is 7.74. The Labute approximate surface area is 97.4 Å². The molecular formula is C13H22N2O. The van der Waals surface area contributed by atoms with Crippen molar-refractivity contribution in [2.24, 2.45) is 17.8 Å². The van der Waals surface area contributed by atoms with Crippen molar-refractivity contribution in [3.63, 3.8) is 0 Å². The van der Waals surface area contributed by atoms with Crippen LogP contribution in [-0.4, -0.2) is 24.5 Å². The van der Waals surface area contributed by atoms with E-state index >= 15 is 0 Å². The third-order valence-electron chi connectivity index (χ3n) is 4.93. The van der Waals surface area contributed by atoms with Gasteiger partial charge in [0.15, 0.2) is 0 Å². The lowest BCUT2D eigenvalue weighted by molar-refractivity contribution is -0.126. The Morgan fingerprint density at radius 2 is 2.12 bits per heavy atom. The van der Waals surface area contributed by atoms with E-state index in [1.165, 1.54) is 25.7 Å². The number of hydrogen-bond donors (Lipinski definition) is 2. The van der Waals surface area contributed by atoms with Crippen LogP contribution in [0.4, 0.5) is 0 Å². The number of nitrogens with one attached hydrogen (secondary N) is 2. The summed E-state index contributed by atoms with van der Waals surface area (Å²) in [6.07, 6.45) is 6.36. The van der Waals surface area contributed by atoms with Crippen LogP contribution >= 0.6 is 0 Å². The average Bonchev–Trinajstić information content (AvgIpc) is 2.92. The first-order valence-corrected chi connectivity index (χ1v) is 6.78. The Balaban J connectivity index is 1.56. The normalized spacial score (nSPS) is 46.2. The molecule has 3 nitrogen and oxygen atoms in total. The molecule has 1 amide bonds. The topological polar surface area (TPSA) is 41.1 Å². The second-order valence-corrected chi connectivity index (χ2v) is 5.93. The summed E-state index contributed by atoms with van der Waals surface area (Å²) in [5.74, 6) is 2.21. The van der Waals surface area contributed by atoms with Gasteiger partial charge in [0.1, 0.15) is 0 Å². The molecule has 5 atom stereocenters. The van der Waals surface area contributed by atoms with E-state index in [1.54, 1.807) is 0 Å². The summed E-state index contributed by atoms with van der Waals surface area (Å²) in [4.78, 5) is 12.1. The highest BCUT2D eigenvalue weighted by Crippen LogP contribution is 2.44. The third kappa shape index (κ3) is 1.75. The maximum Gasteiger partial charge on any atom is 0.224 e. The number of hydrogen-bond acceptors (Lipinski definition) is 2. The molecule has 2 N–H and O–H groups in total. The Morgan fingerprint density at radius 1 is 1.25 bits per heavy atom. The molecule has 1 heterocycles. The molecule has 3 fully saturated rings. The van der Waals surface area contributed by atoms with Crippen LogP contribution < -0.4 is 10.6 Å². The number of carbonyl (C=O) groups excluding carboxylic acids is 1. The van der Waals surface area contributed by atoms with Crippen molar-refractivity contribution < 1.29 is 4.79 Å². The van der Waals surface area contributed by atoms with Crippen molar-refractivity contribution in [2.75, 3.05) is 6.54 Å². The predicted molar refractivity (Wildman–Crippen MR) is 63.0 cm³/mol. The molecule has 1 saturated heterocycles. The Hall–Kier alpha value is -0.570. The van der Waals surface area contributed by atoms with Gasteiger partial charge in [0.2, 0.25) is 5.91 Å². The summed E-state index contributed by atoms with van der Waals surface area (Å²) in [5.41, 5.74) is 0. The summed E-state index contributed by atoms with van der Waals surface area (Å²) >= 11 is 0. The van der Waals surface area contributed by atoms with Crippen molar-refractivity contribution in [3.05, 3.63) is 0 Å². The van der Waals surface area contributed by atoms with Gasteiger partial charge in [-0.15, -0.1) is 0 Å². The molecule has 2 saturated carbocycles. The molecule has 0 aromatic carbocycles. The lowest BCUT2D eigenvalue weighted by Crippen LogP contribution is -2.44. The van der Waals surface area contributed by atoms with Crippen molar-refractivity contribution in [1.82, 2.24) is 10.6 Å². The molecule has 0 aromatic heterocycles. The van der Waals surface area contributed by atoms with E-state index in [-0.39, 0.29) is 5.92 Å². The smallest absolute Gasteiger partial charge is 0.224 e. The van der Waals surface area contributed by atoms with Gasteiger partial charge in [-0.05, 0) is 51.0 Å². The maximum atomic E-state index is 12.1. The van der Waals surface area contributed by atoms with Crippen molar-refractivity contribution >= 4 is 5.91 Å². The van der Waals surface area contributed by atoms with Gasteiger partial charge in [-0.2, -0.15) is 0 Å². The molecule has 0 radical (unpaired) electrons. The van der Waals surface area contributed by atoms with Crippen LogP contribution in [0, 0.1) is 17.8 Å². The van der Waals surface area contributed by atoms with Crippen molar-refractivity contribution in [3.8, 4) is 0 Å². The molecule has 3 heteroatoms. The summed E-state index contributed by atoms with van der Waals surface area (Å²) in [7, 11) is 0. The molecule has 5 unspecified atom stereocenters. The van der Waals surface area contributed by atoms with Gasteiger partial charge in [-0.1, -0.05) is 6.42 Å². The van der Waals surface area contributed by atoms with E-state index in [9.17, 15) is 4.79 Å². The first kappa shape index (κ1) is 10.6. The standard InChI is InChI=1S/C13H22N2O/c1-8-11(4-5-14-8)13(16)15-12-7-9-2-3-10(12)6-9/h8-12,14H,2-7H2,1H3,(H,15,16). The third-order valence-corrected chi connectivity index (χ3v) is 4.93. The lowest BCUT2D eigenvalue weighted by Gasteiger charge is -2.25. The summed E-state index contributed by atoms with van der Waals surface area (Å²) in [6, 6.07) is 0.859. The Morgan fingerprint density at radius 3 is 2.69 bits per heavy atom. The molecular weight excluding hydrogens is 200 g/mol.